The summed E-state index contributed by atoms with van der Waals surface area (Å²) in [5.41, 5.74) is 0.342. The number of nitrogens with zero attached hydrogens (tertiary/aromatic N) is 1. The lowest BCUT2D eigenvalue weighted by Crippen LogP contribution is -2.32. The number of nitrogens with one attached hydrogen (secondary N) is 1. The molecule has 0 unspecified atom stereocenters. The SMILES string of the molecule is Cc1nc(Br)sc1C(=O)NS(=O)(=O)c1ccccc1S(N)(=O)=O. The summed E-state index contributed by atoms with van der Waals surface area (Å²) in [6.07, 6.45) is 0. The van der Waals surface area contributed by atoms with Crippen molar-refractivity contribution in [1.29, 1.82) is 0 Å². The molecule has 2 aromatic rings. The van der Waals surface area contributed by atoms with Crippen LogP contribution in [0, 0.1) is 6.92 Å². The molecule has 0 spiro atoms. The molecule has 23 heavy (non-hydrogen) atoms. The topological polar surface area (TPSA) is 136 Å². The first kappa shape index (κ1) is 18.0. The minimum atomic E-state index is -4.42. The van der Waals surface area contributed by atoms with Crippen LogP contribution >= 0.6 is 27.3 Å². The predicted octanol–water partition coefficient (Wildman–Crippen LogP) is 0.980. The molecular weight excluding hydrogens is 430 g/mol. The average molecular weight is 440 g/mol. The molecule has 1 aromatic carbocycles. The number of aromatic nitrogens is 1. The molecule has 0 bridgehead atoms. The maximum Gasteiger partial charge on any atom is 0.277 e. The second-order valence-electron chi connectivity index (χ2n) is 4.31. The number of nitrogens with two attached hydrogens (primary N) is 1. The van der Waals surface area contributed by atoms with Gasteiger partial charge in [-0.05, 0) is 35.0 Å². The van der Waals surface area contributed by atoms with Crippen LogP contribution in [0.25, 0.3) is 0 Å². The second-order valence-corrected chi connectivity index (χ2v) is 9.76. The van der Waals surface area contributed by atoms with Gasteiger partial charge >= 0.3 is 0 Å². The molecule has 2 rings (SSSR count). The van der Waals surface area contributed by atoms with Crippen molar-refractivity contribution in [3.05, 3.63) is 38.8 Å². The van der Waals surface area contributed by atoms with Gasteiger partial charge in [-0.15, -0.1) is 11.3 Å². The molecule has 1 heterocycles. The Kier molecular flexibility index (Phi) is 4.92. The number of hydrogen-bond acceptors (Lipinski definition) is 7. The molecule has 0 aliphatic carbocycles. The summed E-state index contributed by atoms with van der Waals surface area (Å²) >= 11 is 4.05. The maximum atomic E-state index is 12.3. The number of carbonyl (C=O) groups is 1. The normalized spacial score (nSPS) is 12.1. The monoisotopic (exact) mass is 439 g/mol. The average Bonchev–Trinajstić information content (AvgIpc) is 2.76. The van der Waals surface area contributed by atoms with Crippen molar-refractivity contribution >= 4 is 53.2 Å². The Hall–Kier alpha value is -1.34. The number of amides is 1. The van der Waals surface area contributed by atoms with Gasteiger partial charge in [-0.3, -0.25) is 4.79 Å². The van der Waals surface area contributed by atoms with Gasteiger partial charge < -0.3 is 0 Å². The number of rotatable bonds is 4. The zero-order chi connectivity index (χ0) is 17.4. The second kappa shape index (κ2) is 6.28. The number of benzene rings is 1. The largest absolute Gasteiger partial charge is 0.277 e. The minimum absolute atomic E-state index is 0.0912. The fraction of sp³-hybridized carbons (Fsp3) is 0.0909. The number of aryl methyl sites for hydroxylation is 1. The van der Waals surface area contributed by atoms with Crippen LogP contribution in [0.15, 0.2) is 38.0 Å². The van der Waals surface area contributed by atoms with Gasteiger partial charge in [0.05, 0.1) is 5.69 Å². The van der Waals surface area contributed by atoms with Crippen LogP contribution in [0.4, 0.5) is 0 Å². The van der Waals surface area contributed by atoms with E-state index in [0.29, 0.717) is 9.61 Å². The minimum Gasteiger partial charge on any atom is -0.267 e. The van der Waals surface area contributed by atoms with Crippen molar-refractivity contribution in [3.63, 3.8) is 0 Å². The molecule has 0 saturated heterocycles. The van der Waals surface area contributed by atoms with Crippen LogP contribution in [0.5, 0.6) is 0 Å². The van der Waals surface area contributed by atoms with Gasteiger partial charge in [-0.2, -0.15) is 0 Å². The Bertz CT molecular complexity index is 982. The van der Waals surface area contributed by atoms with Crippen LogP contribution < -0.4 is 9.86 Å². The molecule has 1 aromatic heterocycles. The molecule has 0 radical (unpaired) electrons. The molecule has 0 aliphatic heterocycles. The van der Waals surface area contributed by atoms with E-state index in [1.165, 1.54) is 12.1 Å². The van der Waals surface area contributed by atoms with Gasteiger partial charge in [0.1, 0.15) is 14.7 Å². The molecule has 0 aliphatic rings. The van der Waals surface area contributed by atoms with Crippen molar-refractivity contribution < 1.29 is 21.6 Å². The Morgan fingerprint density at radius 1 is 1.22 bits per heavy atom. The van der Waals surface area contributed by atoms with Crippen LogP contribution in [0.3, 0.4) is 0 Å². The lowest BCUT2D eigenvalue weighted by atomic mass is 10.4. The molecular formula is C11H10BrN3O5S3. The number of hydrogen-bond donors (Lipinski definition) is 2. The van der Waals surface area contributed by atoms with E-state index in [4.69, 9.17) is 5.14 Å². The van der Waals surface area contributed by atoms with Crippen molar-refractivity contribution in [3.8, 4) is 0 Å². The van der Waals surface area contributed by atoms with Gasteiger partial charge in [-0.25, -0.2) is 31.7 Å². The molecule has 1 amide bonds. The first-order valence-electron chi connectivity index (χ1n) is 5.84. The van der Waals surface area contributed by atoms with E-state index in [0.717, 1.165) is 23.5 Å². The van der Waals surface area contributed by atoms with Crippen LogP contribution in [0.2, 0.25) is 0 Å². The van der Waals surface area contributed by atoms with Crippen LogP contribution in [0.1, 0.15) is 15.4 Å². The van der Waals surface area contributed by atoms with E-state index in [2.05, 4.69) is 20.9 Å². The summed E-state index contributed by atoms with van der Waals surface area (Å²) in [5.74, 6) is -0.907. The van der Waals surface area contributed by atoms with E-state index >= 15 is 0 Å². The van der Waals surface area contributed by atoms with E-state index in [9.17, 15) is 21.6 Å². The highest BCUT2D eigenvalue weighted by Crippen LogP contribution is 2.24. The molecule has 3 N–H and O–H groups in total. The third kappa shape index (κ3) is 3.95. The summed E-state index contributed by atoms with van der Waals surface area (Å²) in [5, 5.41) is 5.00. The van der Waals surface area contributed by atoms with Gasteiger partial charge in [-0.1, -0.05) is 12.1 Å². The highest BCUT2D eigenvalue weighted by atomic mass is 79.9. The summed E-state index contributed by atoms with van der Waals surface area (Å²) in [4.78, 5) is 15.0. The van der Waals surface area contributed by atoms with Crippen LogP contribution in [-0.2, 0) is 20.0 Å². The lowest BCUT2D eigenvalue weighted by Gasteiger charge is -2.09. The quantitative estimate of drug-likeness (QED) is 0.728. The van der Waals surface area contributed by atoms with Gasteiger partial charge in [0.25, 0.3) is 15.9 Å². The summed E-state index contributed by atoms with van der Waals surface area (Å²) < 4.78 is 49.9. The molecule has 0 fully saturated rings. The number of carbonyl (C=O) groups excluding carboxylic acids is 1. The summed E-state index contributed by atoms with van der Waals surface area (Å²) in [6, 6.07) is 4.74. The predicted molar refractivity (Wildman–Crippen MR) is 87.0 cm³/mol. The Morgan fingerprint density at radius 3 is 2.26 bits per heavy atom. The maximum absolute atomic E-state index is 12.3. The smallest absolute Gasteiger partial charge is 0.267 e. The van der Waals surface area contributed by atoms with Gasteiger partial charge in [0.2, 0.25) is 10.0 Å². The van der Waals surface area contributed by atoms with Crippen LogP contribution in [-0.4, -0.2) is 27.7 Å². The van der Waals surface area contributed by atoms with E-state index in [1.54, 1.807) is 6.92 Å². The lowest BCUT2D eigenvalue weighted by molar-refractivity contribution is 0.0984. The standard InChI is InChI=1S/C11H10BrN3O5S3/c1-6-9(21-11(12)14-6)10(16)15-23(19,20)8-5-3-2-4-7(8)22(13,17)18/h2-5H,1H3,(H,15,16)(H2,13,17,18). The third-order valence-electron chi connectivity index (χ3n) is 2.65. The first-order valence-corrected chi connectivity index (χ1v) is 10.5. The van der Waals surface area contributed by atoms with Crippen molar-refractivity contribution in [2.45, 2.75) is 16.7 Å². The van der Waals surface area contributed by atoms with Gasteiger partial charge in [0, 0.05) is 0 Å². The molecule has 0 saturated carbocycles. The van der Waals surface area contributed by atoms with E-state index < -0.39 is 35.7 Å². The van der Waals surface area contributed by atoms with E-state index in [1.807, 2.05) is 4.72 Å². The molecule has 0 atom stereocenters. The van der Waals surface area contributed by atoms with Gasteiger partial charge in [0.15, 0.2) is 3.92 Å². The van der Waals surface area contributed by atoms with Crippen molar-refractivity contribution in [1.82, 2.24) is 9.71 Å². The highest BCUT2D eigenvalue weighted by molar-refractivity contribution is 9.11. The fourth-order valence-corrected chi connectivity index (χ4v) is 5.55. The Balaban J connectivity index is 2.45. The van der Waals surface area contributed by atoms with Crippen molar-refractivity contribution in [2.75, 3.05) is 0 Å². The zero-order valence-electron chi connectivity index (χ0n) is 11.5. The number of halogens is 1. The zero-order valence-corrected chi connectivity index (χ0v) is 15.5. The first-order chi connectivity index (χ1) is 10.5. The number of sulfonamides is 2. The fourth-order valence-electron chi connectivity index (χ4n) is 1.70. The molecule has 124 valence electrons. The van der Waals surface area contributed by atoms with Crippen molar-refractivity contribution in [2.24, 2.45) is 5.14 Å². The third-order valence-corrected chi connectivity index (χ3v) is 6.74. The highest BCUT2D eigenvalue weighted by Gasteiger charge is 2.27. The number of thiazole rings is 1. The summed E-state index contributed by atoms with van der Waals surface area (Å²) in [7, 11) is -8.69. The summed E-state index contributed by atoms with van der Waals surface area (Å²) in [6.45, 7) is 1.54. The Labute approximate surface area is 145 Å². The Morgan fingerprint density at radius 2 is 1.78 bits per heavy atom. The molecule has 8 nitrogen and oxygen atoms in total. The number of primary sulfonamides is 1. The molecule has 12 heteroatoms. The van der Waals surface area contributed by atoms with E-state index in [-0.39, 0.29) is 4.88 Å².